The summed E-state index contributed by atoms with van der Waals surface area (Å²) in [5, 5.41) is 12.1. The van der Waals surface area contributed by atoms with E-state index in [1.807, 2.05) is 17.8 Å². The maximum Gasteiger partial charge on any atom is 0.122 e. The third-order valence-electron chi connectivity index (χ3n) is 2.06. The molecule has 2 N–H and O–H groups in total. The molecule has 0 aliphatic carbocycles. The largest absolute Gasteiger partial charge is 0.395 e. The fourth-order valence-electron chi connectivity index (χ4n) is 1.18. The highest BCUT2D eigenvalue weighted by Gasteiger charge is 2.07. The Morgan fingerprint density at radius 2 is 2.50 bits per heavy atom. The molecule has 0 saturated carbocycles. The Morgan fingerprint density at radius 1 is 1.71 bits per heavy atom. The molecule has 1 aromatic rings. The van der Waals surface area contributed by atoms with E-state index < -0.39 is 0 Å². The van der Waals surface area contributed by atoms with E-state index in [-0.39, 0.29) is 12.6 Å². The molecular formula is C9H17N3O2. The summed E-state index contributed by atoms with van der Waals surface area (Å²) in [7, 11) is 3.55. The monoisotopic (exact) mass is 199 g/mol. The normalized spacial score (nSPS) is 13.1. The van der Waals surface area contributed by atoms with Gasteiger partial charge in [-0.25, -0.2) is 4.98 Å². The van der Waals surface area contributed by atoms with Crippen LogP contribution >= 0.6 is 0 Å². The quantitative estimate of drug-likeness (QED) is 0.649. The van der Waals surface area contributed by atoms with Crippen LogP contribution in [0.2, 0.25) is 0 Å². The molecule has 1 atom stereocenters. The number of aryl methyl sites for hydroxylation is 1. The molecule has 5 heteroatoms. The zero-order valence-electron chi connectivity index (χ0n) is 8.60. The number of hydrogen-bond acceptors (Lipinski definition) is 4. The first-order valence-electron chi connectivity index (χ1n) is 4.57. The van der Waals surface area contributed by atoms with Crippen molar-refractivity contribution in [3.8, 4) is 0 Å². The summed E-state index contributed by atoms with van der Waals surface area (Å²) in [5.41, 5.74) is 0. The number of imidazole rings is 1. The average Bonchev–Trinajstić information content (AvgIpc) is 2.59. The summed E-state index contributed by atoms with van der Waals surface area (Å²) in [4.78, 5) is 4.16. The highest BCUT2D eigenvalue weighted by Crippen LogP contribution is 1.94. The molecule has 0 amide bonds. The van der Waals surface area contributed by atoms with Gasteiger partial charge >= 0.3 is 0 Å². The first-order valence-corrected chi connectivity index (χ1v) is 4.57. The molecule has 80 valence electrons. The molecule has 1 heterocycles. The van der Waals surface area contributed by atoms with Gasteiger partial charge in [0.15, 0.2) is 0 Å². The highest BCUT2D eigenvalue weighted by molar-refractivity contribution is 4.90. The predicted octanol–water partition coefficient (Wildman–Crippen LogP) is -0.483. The number of ether oxygens (including phenoxy) is 1. The van der Waals surface area contributed by atoms with Crippen LogP contribution in [-0.4, -0.2) is 41.0 Å². The van der Waals surface area contributed by atoms with Crippen LogP contribution in [0.25, 0.3) is 0 Å². The van der Waals surface area contributed by atoms with Gasteiger partial charge in [-0.15, -0.1) is 0 Å². The third-order valence-corrected chi connectivity index (χ3v) is 2.06. The molecule has 0 bridgehead atoms. The van der Waals surface area contributed by atoms with Gasteiger partial charge in [0.25, 0.3) is 0 Å². The Hall–Kier alpha value is -0.910. The van der Waals surface area contributed by atoms with Crippen molar-refractivity contribution in [2.24, 2.45) is 7.05 Å². The van der Waals surface area contributed by atoms with Crippen molar-refractivity contribution < 1.29 is 9.84 Å². The van der Waals surface area contributed by atoms with Gasteiger partial charge in [0.05, 0.1) is 25.8 Å². The van der Waals surface area contributed by atoms with Gasteiger partial charge in [0.2, 0.25) is 0 Å². The van der Waals surface area contributed by atoms with Crippen LogP contribution in [0.4, 0.5) is 0 Å². The Morgan fingerprint density at radius 3 is 3.00 bits per heavy atom. The molecule has 0 aliphatic rings. The summed E-state index contributed by atoms with van der Waals surface area (Å²) >= 11 is 0. The molecule has 0 radical (unpaired) electrons. The van der Waals surface area contributed by atoms with E-state index in [9.17, 15) is 0 Å². The second kappa shape index (κ2) is 5.74. The van der Waals surface area contributed by atoms with E-state index in [4.69, 9.17) is 9.84 Å². The molecule has 1 rings (SSSR count). The van der Waals surface area contributed by atoms with Crippen molar-refractivity contribution in [2.75, 3.05) is 20.3 Å². The second-order valence-corrected chi connectivity index (χ2v) is 3.17. The summed E-state index contributed by atoms with van der Waals surface area (Å²) in [6, 6.07) is -0.0308. The number of methoxy groups -OCH3 is 1. The third kappa shape index (κ3) is 3.10. The van der Waals surface area contributed by atoms with E-state index in [2.05, 4.69) is 10.3 Å². The van der Waals surface area contributed by atoms with Crippen molar-refractivity contribution in [1.82, 2.24) is 14.9 Å². The van der Waals surface area contributed by atoms with Crippen LogP contribution in [0, 0.1) is 0 Å². The van der Waals surface area contributed by atoms with Gasteiger partial charge < -0.3 is 19.7 Å². The maximum absolute atomic E-state index is 8.99. The van der Waals surface area contributed by atoms with E-state index in [1.54, 1.807) is 13.3 Å². The summed E-state index contributed by atoms with van der Waals surface area (Å²) < 4.78 is 6.88. The zero-order chi connectivity index (χ0) is 10.4. The summed E-state index contributed by atoms with van der Waals surface area (Å²) in [6.07, 6.45) is 3.64. The standard InChI is InChI=1S/C9H17N3O2/c1-12-4-3-10-9(12)5-11-8(6-13)7-14-2/h3-4,8,11,13H,5-7H2,1-2H3. The SMILES string of the molecule is COCC(CO)NCc1nccn1C. The van der Waals surface area contributed by atoms with Crippen LogP contribution in [0.15, 0.2) is 12.4 Å². The molecular weight excluding hydrogens is 182 g/mol. The minimum atomic E-state index is -0.0308. The molecule has 1 aromatic heterocycles. The minimum absolute atomic E-state index is 0.0308. The van der Waals surface area contributed by atoms with Crippen LogP contribution in [-0.2, 0) is 18.3 Å². The van der Waals surface area contributed by atoms with Gasteiger partial charge in [0.1, 0.15) is 5.82 Å². The number of rotatable bonds is 6. The van der Waals surface area contributed by atoms with Crippen LogP contribution in [0.1, 0.15) is 5.82 Å². The van der Waals surface area contributed by atoms with Crippen molar-refractivity contribution in [3.05, 3.63) is 18.2 Å². The van der Waals surface area contributed by atoms with E-state index >= 15 is 0 Å². The van der Waals surface area contributed by atoms with Crippen LogP contribution in [0.5, 0.6) is 0 Å². The van der Waals surface area contributed by atoms with E-state index in [0.29, 0.717) is 13.2 Å². The van der Waals surface area contributed by atoms with Gasteiger partial charge in [-0.1, -0.05) is 0 Å². The Kier molecular flexibility index (Phi) is 4.58. The Labute approximate surface area is 83.7 Å². The fraction of sp³-hybridized carbons (Fsp3) is 0.667. The van der Waals surface area contributed by atoms with Gasteiger partial charge in [-0.2, -0.15) is 0 Å². The van der Waals surface area contributed by atoms with E-state index in [1.165, 1.54) is 0 Å². The summed E-state index contributed by atoms with van der Waals surface area (Å²) in [5.74, 6) is 0.944. The lowest BCUT2D eigenvalue weighted by Gasteiger charge is -2.14. The van der Waals surface area contributed by atoms with Crippen molar-refractivity contribution in [3.63, 3.8) is 0 Å². The number of nitrogens with zero attached hydrogens (tertiary/aromatic N) is 2. The molecule has 14 heavy (non-hydrogen) atoms. The number of hydrogen-bond donors (Lipinski definition) is 2. The van der Waals surface area contributed by atoms with Gasteiger partial charge in [-0.05, 0) is 0 Å². The predicted molar refractivity (Wildman–Crippen MR) is 52.8 cm³/mol. The molecule has 5 nitrogen and oxygen atoms in total. The lowest BCUT2D eigenvalue weighted by Crippen LogP contribution is -2.36. The molecule has 1 unspecified atom stereocenters. The molecule has 0 saturated heterocycles. The fourth-order valence-corrected chi connectivity index (χ4v) is 1.18. The molecule has 0 fully saturated rings. The van der Waals surface area contributed by atoms with E-state index in [0.717, 1.165) is 5.82 Å². The van der Waals surface area contributed by atoms with Gasteiger partial charge in [-0.3, -0.25) is 0 Å². The minimum Gasteiger partial charge on any atom is -0.395 e. The van der Waals surface area contributed by atoms with Crippen LogP contribution in [0.3, 0.4) is 0 Å². The first kappa shape index (κ1) is 11.2. The number of aliphatic hydroxyl groups excluding tert-OH is 1. The molecule has 0 spiro atoms. The zero-order valence-corrected chi connectivity index (χ0v) is 8.60. The lowest BCUT2D eigenvalue weighted by molar-refractivity contribution is 0.127. The molecule has 0 aliphatic heterocycles. The maximum atomic E-state index is 8.99. The van der Waals surface area contributed by atoms with Crippen molar-refractivity contribution >= 4 is 0 Å². The summed E-state index contributed by atoms with van der Waals surface area (Å²) in [6.45, 7) is 1.21. The second-order valence-electron chi connectivity index (χ2n) is 3.17. The number of nitrogens with one attached hydrogen (secondary N) is 1. The van der Waals surface area contributed by atoms with Crippen molar-refractivity contribution in [1.29, 1.82) is 0 Å². The van der Waals surface area contributed by atoms with Gasteiger partial charge in [0, 0.05) is 26.6 Å². The lowest BCUT2D eigenvalue weighted by atomic mass is 10.3. The highest BCUT2D eigenvalue weighted by atomic mass is 16.5. The Bertz CT molecular complexity index is 262. The van der Waals surface area contributed by atoms with Crippen molar-refractivity contribution in [2.45, 2.75) is 12.6 Å². The first-order chi connectivity index (χ1) is 6.77. The topological polar surface area (TPSA) is 59.3 Å². The average molecular weight is 199 g/mol. The smallest absolute Gasteiger partial charge is 0.122 e. The number of aliphatic hydroxyl groups is 1. The van der Waals surface area contributed by atoms with Crippen LogP contribution < -0.4 is 5.32 Å². The molecule has 0 aromatic carbocycles. The number of aromatic nitrogens is 2. The Balaban J connectivity index is 2.35.